The highest BCUT2D eigenvalue weighted by molar-refractivity contribution is 6.05. The van der Waals surface area contributed by atoms with Gasteiger partial charge in [0, 0.05) is 19.3 Å². The van der Waals surface area contributed by atoms with Crippen molar-refractivity contribution in [2.45, 2.75) is 0 Å². The number of anilines is 1. The minimum Gasteiger partial charge on any atom is -0.476 e. The summed E-state index contributed by atoms with van der Waals surface area (Å²) in [6.07, 6.45) is 1.31. The summed E-state index contributed by atoms with van der Waals surface area (Å²) < 4.78 is 1.01. The molecule has 2 heterocycles. The van der Waals surface area contributed by atoms with E-state index in [2.05, 4.69) is 15.4 Å². The number of amides is 1. The minimum absolute atomic E-state index is 0.00714. The molecular formula is C12H10N4O4. The maximum Gasteiger partial charge on any atom is 0.356 e. The number of aromatic carboxylic acids is 1. The Balaban J connectivity index is 2.30. The maximum absolute atomic E-state index is 11.9. The predicted octanol–water partition coefficient (Wildman–Crippen LogP) is 0.126. The Morgan fingerprint density at radius 1 is 1.30 bits per heavy atom. The Bertz CT molecular complexity index is 738. The third kappa shape index (κ3) is 2.69. The van der Waals surface area contributed by atoms with Gasteiger partial charge in [0.1, 0.15) is 5.69 Å². The van der Waals surface area contributed by atoms with Gasteiger partial charge in [-0.3, -0.25) is 9.59 Å². The van der Waals surface area contributed by atoms with Gasteiger partial charge in [0.2, 0.25) is 0 Å². The van der Waals surface area contributed by atoms with E-state index in [0.717, 1.165) is 4.68 Å². The van der Waals surface area contributed by atoms with Gasteiger partial charge >= 0.3 is 5.97 Å². The number of aromatic nitrogens is 3. The predicted molar refractivity (Wildman–Crippen MR) is 68.6 cm³/mol. The fraction of sp³-hybridized carbons (Fsp3) is 0.0833. The van der Waals surface area contributed by atoms with Crippen molar-refractivity contribution in [2.24, 2.45) is 7.05 Å². The van der Waals surface area contributed by atoms with Gasteiger partial charge in [0.25, 0.3) is 11.5 Å². The fourth-order valence-corrected chi connectivity index (χ4v) is 1.49. The van der Waals surface area contributed by atoms with Crippen molar-refractivity contribution in [3.8, 4) is 0 Å². The second-order valence-electron chi connectivity index (χ2n) is 3.84. The molecule has 0 aliphatic rings. The number of carbonyl (C=O) groups is 2. The van der Waals surface area contributed by atoms with Gasteiger partial charge in [-0.05, 0) is 18.2 Å². The molecule has 8 nitrogen and oxygen atoms in total. The van der Waals surface area contributed by atoms with Gasteiger partial charge < -0.3 is 10.4 Å². The van der Waals surface area contributed by atoms with Gasteiger partial charge in [-0.15, -0.1) is 0 Å². The van der Waals surface area contributed by atoms with Crippen LogP contribution >= 0.6 is 0 Å². The van der Waals surface area contributed by atoms with Crippen LogP contribution in [-0.4, -0.2) is 31.7 Å². The zero-order valence-electron chi connectivity index (χ0n) is 10.4. The summed E-state index contributed by atoms with van der Waals surface area (Å²) in [6.45, 7) is 0. The Morgan fingerprint density at radius 3 is 2.70 bits per heavy atom. The molecule has 0 fully saturated rings. The van der Waals surface area contributed by atoms with E-state index in [4.69, 9.17) is 5.11 Å². The lowest BCUT2D eigenvalue weighted by atomic mass is 10.2. The summed E-state index contributed by atoms with van der Waals surface area (Å²) in [7, 11) is 1.41. The van der Waals surface area contributed by atoms with Crippen LogP contribution in [0.4, 0.5) is 5.69 Å². The smallest absolute Gasteiger partial charge is 0.356 e. The van der Waals surface area contributed by atoms with E-state index < -0.39 is 11.9 Å². The van der Waals surface area contributed by atoms with Crippen LogP contribution in [0.5, 0.6) is 0 Å². The molecule has 0 atom stereocenters. The third-order valence-electron chi connectivity index (χ3n) is 2.45. The van der Waals surface area contributed by atoms with Crippen LogP contribution in [0.25, 0.3) is 0 Å². The van der Waals surface area contributed by atoms with E-state index in [1.165, 1.54) is 37.5 Å². The lowest BCUT2D eigenvalue weighted by molar-refractivity contribution is 0.0691. The lowest BCUT2D eigenvalue weighted by Crippen LogP contribution is -2.24. The number of carboxylic acids is 1. The summed E-state index contributed by atoms with van der Waals surface area (Å²) in [5.74, 6) is -1.88. The first kappa shape index (κ1) is 13.4. The van der Waals surface area contributed by atoms with Crippen LogP contribution in [0.2, 0.25) is 0 Å². The lowest BCUT2D eigenvalue weighted by Gasteiger charge is -2.07. The van der Waals surface area contributed by atoms with E-state index in [-0.39, 0.29) is 22.6 Å². The van der Waals surface area contributed by atoms with E-state index >= 15 is 0 Å². The van der Waals surface area contributed by atoms with Crippen LogP contribution in [0.15, 0.2) is 35.3 Å². The molecule has 0 bridgehead atoms. The van der Waals surface area contributed by atoms with Crippen molar-refractivity contribution in [3.63, 3.8) is 0 Å². The monoisotopic (exact) mass is 274 g/mol. The first-order valence-corrected chi connectivity index (χ1v) is 5.53. The van der Waals surface area contributed by atoms with Crippen molar-refractivity contribution in [1.82, 2.24) is 14.8 Å². The molecule has 0 aliphatic heterocycles. The molecule has 0 aliphatic carbocycles. The van der Waals surface area contributed by atoms with Gasteiger partial charge in [0.05, 0.1) is 5.69 Å². The SMILES string of the molecule is Cn1nc(C(=O)Nc2cccnc2C(=O)O)ccc1=O. The highest BCUT2D eigenvalue weighted by Crippen LogP contribution is 2.12. The molecule has 2 rings (SSSR count). The molecule has 2 N–H and O–H groups in total. The fourth-order valence-electron chi connectivity index (χ4n) is 1.49. The molecule has 0 spiro atoms. The second kappa shape index (κ2) is 5.31. The summed E-state index contributed by atoms with van der Waals surface area (Å²) in [5.41, 5.74) is -0.576. The average molecular weight is 274 g/mol. The van der Waals surface area contributed by atoms with Gasteiger partial charge in [-0.1, -0.05) is 0 Å². The third-order valence-corrected chi connectivity index (χ3v) is 2.45. The number of pyridine rings is 1. The molecule has 0 saturated carbocycles. The largest absolute Gasteiger partial charge is 0.476 e. The Labute approximate surface area is 112 Å². The molecule has 2 aromatic rings. The Kier molecular flexibility index (Phi) is 3.56. The van der Waals surface area contributed by atoms with Crippen LogP contribution < -0.4 is 10.9 Å². The van der Waals surface area contributed by atoms with Crippen LogP contribution in [0.1, 0.15) is 21.0 Å². The normalized spacial score (nSPS) is 10.1. The zero-order chi connectivity index (χ0) is 14.7. The number of carboxylic acid groups (broad SMARTS) is 1. The number of nitrogens with one attached hydrogen (secondary N) is 1. The first-order chi connectivity index (χ1) is 9.49. The Hall–Kier alpha value is -3.03. The van der Waals surface area contributed by atoms with Gasteiger partial charge in [-0.2, -0.15) is 5.10 Å². The summed E-state index contributed by atoms with van der Waals surface area (Å²) in [5, 5.41) is 15.1. The number of aryl methyl sites for hydroxylation is 1. The highest BCUT2D eigenvalue weighted by atomic mass is 16.4. The summed E-state index contributed by atoms with van der Waals surface area (Å²) >= 11 is 0. The highest BCUT2D eigenvalue weighted by Gasteiger charge is 2.15. The molecule has 0 unspecified atom stereocenters. The summed E-state index contributed by atoms with van der Waals surface area (Å²) in [6, 6.07) is 5.37. The number of hydrogen-bond donors (Lipinski definition) is 2. The molecule has 0 aromatic carbocycles. The number of carbonyl (C=O) groups excluding carboxylic acids is 1. The van der Waals surface area contributed by atoms with Crippen molar-refractivity contribution in [2.75, 3.05) is 5.32 Å². The number of nitrogens with zero attached hydrogens (tertiary/aromatic N) is 3. The molecule has 0 radical (unpaired) electrons. The van der Waals surface area contributed by atoms with Gasteiger partial charge in [-0.25, -0.2) is 14.5 Å². The summed E-state index contributed by atoms with van der Waals surface area (Å²) in [4.78, 5) is 37.7. The van der Waals surface area contributed by atoms with E-state index in [0.29, 0.717) is 0 Å². The molecule has 102 valence electrons. The van der Waals surface area contributed by atoms with Crippen LogP contribution in [-0.2, 0) is 7.05 Å². The topological polar surface area (TPSA) is 114 Å². The molecule has 0 saturated heterocycles. The zero-order valence-corrected chi connectivity index (χ0v) is 10.4. The molecule has 20 heavy (non-hydrogen) atoms. The van der Waals surface area contributed by atoms with Crippen molar-refractivity contribution in [3.05, 3.63) is 52.2 Å². The van der Waals surface area contributed by atoms with Crippen molar-refractivity contribution in [1.29, 1.82) is 0 Å². The van der Waals surface area contributed by atoms with Crippen LogP contribution in [0, 0.1) is 0 Å². The Morgan fingerprint density at radius 2 is 2.05 bits per heavy atom. The standard InChI is InChI=1S/C12H10N4O4/c1-16-9(17)5-4-8(15-16)11(18)14-7-3-2-6-13-10(7)12(19)20/h2-6H,1H3,(H,14,18)(H,19,20). The molecule has 8 heteroatoms. The van der Waals surface area contributed by atoms with Crippen molar-refractivity contribution >= 4 is 17.6 Å². The molecule has 1 amide bonds. The quantitative estimate of drug-likeness (QED) is 0.822. The first-order valence-electron chi connectivity index (χ1n) is 5.53. The van der Waals surface area contributed by atoms with Gasteiger partial charge in [0.15, 0.2) is 5.69 Å². The van der Waals surface area contributed by atoms with E-state index in [1.807, 2.05) is 0 Å². The molecule has 2 aromatic heterocycles. The van der Waals surface area contributed by atoms with Crippen molar-refractivity contribution < 1.29 is 14.7 Å². The maximum atomic E-state index is 11.9. The minimum atomic E-state index is -1.26. The number of rotatable bonds is 3. The van der Waals surface area contributed by atoms with E-state index in [9.17, 15) is 14.4 Å². The van der Waals surface area contributed by atoms with E-state index in [1.54, 1.807) is 0 Å². The average Bonchev–Trinajstić information content (AvgIpc) is 2.42. The molecular weight excluding hydrogens is 264 g/mol. The second-order valence-corrected chi connectivity index (χ2v) is 3.84. The van der Waals surface area contributed by atoms with Crippen LogP contribution in [0.3, 0.4) is 0 Å². The number of hydrogen-bond acceptors (Lipinski definition) is 5.